The summed E-state index contributed by atoms with van der Waals surface area (Å²) in [6.45, 7) is 3.76. The highest BCUT2D eigenvalue weighted by atomic mass is 32.2. The summed E-state index contributed by atoms with van der Waals surface area (Å²) in [5.41, 5.74) is 1.53. The average molecular weight is 428 g/mol. The van der Waals surface area contributed by atoms with Gasteiger partial charge in [0.1, 0.15) is 5.82 Å². The zero-order valence-electron chi connectivity index (χ0n) is 16.6. The molecule has 6 nitrogen and oxygen atoms in total. The van der Waals surface area contributed by atoms with E-state index in [0.29, 0.717) is 12.0 Å². The van der Waals surface area contributed by atoms with E-state index in [1.54, 1.807) is 19.1 Å². The third-order valence-electron chi connectivity index (χ3n) is 4.89. The maximum absolute atomic E-state index is 14.6. The Morgan fingerprint density at radius 1 is 1.27 bits per heavy atom. The van der Waals surface area contributed by atoms with Crippen LogP contribution in [0.2, 0.25) is 0 Å². The molecule has 0 amide bonds. The number of ether oxygens (including phenoxy) is 1. The van der Waals surface area contributed by atoms with Crippen molar-refractivity contribution < 1.29 is 22.3 Å². The first-order valence-corrected chi connectivity index (χ1v) is 10.9. The number of benzene rings is 2. The Morgan fingerprint density at radius 3 is 2.60 bits per heavy atom. The van der Waals surface area contributed by atoms with Crippen molar-refractivity contribution in [2.24, 2.45) is 11.8 Å². The van der Waals surface area contributed by atoms with E-state index in [4.69, 9.17) is 10.00 Å². The largest absolute Gasteiger partial charge is 0.466 e. The quantitative estimate of drug-likeness (QED) is 0.681. The molecule has 0 radical (unpaired) electrons. The first kappa shape index (κ1) is 21.5. The highest BCUT2D eigenvalue weighted by Gasteiger charge is 2.47. The molecule has 0 heterocycles. The second-order valence-corrected chi connectivity index (χ2v) is 8.76. The zero-order valence-corrected chi connectivity index (χ0v) is 17.4. The summed E-state index contributed by atoms with van der Waals surface area (Å²) in [6, 6.07) is 12.1. The number of halogens is 1. The van der Waals surface area contributed by atoms with Crippen LogP contribution < -0.4 is 4.72 Å². The van der Waals surface area contributed by atoms with E-state index in [0.717, 1.165) is 11.6 Å². The molecule has 1 fully saturated rings. The molecular formula is C22H21FN2O4S. The van der Waals surface area contributed by atoms with Gasteiger partial charge in [0.25, 0.3) is 10.0 Å². The van der Waals surface area contributed by atoms with Crippen molar-refractivity contribution in [2.45, 2.75) is 25.2 Å². The second-order valence-electron chi connectivity index (χ2n) is 7.04. The van der Waals surface area contributed by atoms with Crippen molar-refractivity contribution in [1.29, 1.82) is 5.26 Å². The second kappa shape index (κ2) is 8.67. The Bertz CT molecular complexity index is 1130. The topological polar surface area (TPSA) is 96.3 Å². The molecule has 3 rings (SSSR count). The van der Waals surface area contributed by atoms with E-state index < -0.39 is 33.6 Å². The van der Waals surface area contributed by atoms with Gasteiger partial charge in [0.05, 0.1) is 29.1 Å². The number of hydrogen-bond donors (Lipinski definition) is 1. The minimum atomic E-state index is -3.89. The number of rotatable bonds is 7. The van der Waals surface area contributed by atoms with Gasteiger partial charge in [0.2, 0.25) is 0 Å². The van der Waals surface area contributed by atoms with Gasteiger partial charge in [0.15, 0.2) is 0 Å². The van der Waals surface area contributed by atoms with E-state index in [1.807, 2.05) is 13.0 Å². The molecule has 30 heavy (non-hydrogen) atoms. The molecule has 2 atom stereocenters. The smallest absolute Gasteiger partial charge is 0.309 e. The van der Waals surface area contributed by atoms with Gasteiger partial charge in [-0.05, 0) is 56.2 Å². The van der Waals surface area contributed by atoms with Gasteiger partial charge in [-0.2, -0.15) is 5.26 Å². The molecule has 156 valence electrons. The fraction of sp³-hybridized carbons (Fsp3) is 0.273. The van der Waals surface area contributed by atoms with Crippen LogP contribution in [-0.4, -0.2) is 21.0 Å². The molecule has 2 unspecified atom stereocenters. The Morgan fingerprint density at radius 2 is 1.97 bits per heavy atom. The zero-order chi connectivity index (χ0) is 21.9. The molecule has 0 aromatic heterocycles. The van der Waals surface area contributed by atoms with Gasteiger partial charge in [0, 0.05) is 17.7 Å². The fourth-order valence-corrected chi connectivity index (χ4v) is 4.09. The summed E-state index contributed by atoms with van der Waals surface area (Å²) < 4.78 is 47.3. The highest BCUT2D eigenvalue weighted by Crippen LogP contribution is 2.49. The first-order chi connectivity index (χ1) is 14.3. The minimum Gasteiger partial charge on any atom is -0.466 e. The van der Waals surface area contributed by atoms with Crippen molar-refractivity contribution in [2.75, 3.05) is 6.61 Å². The Hall–Kier alpha value is -3.18. The van der Waals surface area contributed by atoms with E-state index >= 15 is 0 Å². The summed E-state index contributed by atoms with van der Waals surface area (Å²) in [5, 5.41) is 9.15. The van der Waals surface area contributed by atoms with Crippen molar-refractivity contribution in [3.8, 4) is 6.07 Å². The summed E-state index contributed by atoms with van der Waals surface area (Å²) in [7, 11) is -3.89. The van der Waals surface area contributed by atoms with Crippen LogP contribution in [0.1, 0.15) is 30.0 Å². The number of nitrogens with zero attached hydrogens (tertiary/aromatic N) is 1. The normalized spacial score (nSPS) is 18.4. The molecule has 1 aliphatic rings. The maximum atomic E-state index is 14.6. The van der Waals surface area contributed by atoms with Gasteiger partial charge in [-0.3, -0.25) is 9.52 Å². The van der Waals surface area contributed by atoms with Crippen molar-refractivity contribution >= 4 is 21.6 Å². The number of sulfonamides is 1. The number of allylic oxidation sites excluding steroid dienone is 1. The lowest BCUT2D eigenvalue weighted by Crippen LogP contribution is -2.19. The van der Waals surface area contributed by atoms with E-state index in [-0.39, 0.29) is 22.6 Å². The fourth-order valence-electron chi connectivity index (χ4n) is 3.18. The third kappa shape index (κ3) is 4.69. The van der Waals surface area contributed by atoms with E-state index in [1.165, 1.54) is 30.5 Å². The number of carbonyl (C=O) groups is 1. The predicted molar refractivity (Wildman–Crippen MR) is 109 cm³/mol. The molecule has 1 N–H and O–H groups in total. The van der Waals surface area contributed by atoms with Crippen LogP contribution in [0, 0.1) is 35.9 Å². The van der Waals surface area contributed by atoms with Crippen LogP contribution in [0.25, 0.3) is 5.57 Å². The van der Waals surface area contributed by atoms with Gasteiger partial charge in [-0.15, -0.1) is 0 Å². The van der Waals surface area contributed by atoms with E-state index in [9.17, 15) is 17.6 Å². The Labute approximate surface area is 175 Å². The van der Waals surface area contributed by atoms with Crippen LogP contribution in [0.3, 0.4) is 0 Å². The van der Waals surface area contributed by atoms with Crippen molar-refractivity contribution in [3.63, 3.8) is 0 Å². The molecule has 2 aromatic carbocycles. The molecule has 0 aliphatic heterocycles. The minimum absolute atomic E-state index is 0.0627. The number of nitrogens with one attached hydrogen (secondary N) is 1. The summed E-state index contributed by atoms with van der Waals surface area (Å²) in [5.74, 6) is -1.91. The molecule has 0 bridgehead atoms. The van der Waals surface area contributed by atoms with Crippen LogP contribution in [-0.2, 0) is 19.6 Å². The molecule has 8 heteroatoms. The average Bonchev–Trinajstić information content (AvgIpc) is 3.50. The van der Waals surface area contributed by atoms with Crippen LogP contribution in [0.15, 0.2) is 53.6 Å². The summed E-state index contributed by atoms with van der Waals surface area (Å²) in [6.07, 6.45) is 1.62. The SMILES string of the molecule is CCOC(=O)C1CC1C(=CNS(=O)(=O)c1ccc(C)cc1)c1cc(C#N)ccc1F. The van der Waals surface area contributed by atoms with Crippen LogP contribution >= 0.6 is 0 Å². The number of hydrogen-bond acceptors (Lipinski definition) is 5. The predicted octanol–water partition coefficient (Wildman–Crippen LogP) is 3.52. The third-order valence-corrected chi connectivity index (χ3v) is 6.21. The maximum Gasteiger partial charge on any atom is 0.309 e. The molecule has 2 aromatic rings. The molecule has 1 saturated carbocycles. The van der Waals surface area contributed by atoms with Crippen LogP contribution in [0.4, 0.5) is 4.39 Å². The van der Waals surface area contributed by atoms with Crippen molar-refractivity contribution in [1.82, 2.24) is 4.72 Å². The number of aryl methyl sites for hydroxylation is 1. The number of esters is 1. The lowest BCUT2D eigenvalue weighted by molar-refractivity contribution is -0.144. The van der Waals surface area contributed by atoms with E-state index in [2.05, 4.69) is 4.72 Å². The standard InChI is InChI=1S/C22H21FN2O4S/c1-3-29-22(26)19-11-17(19)20(18-10-15(12-24)6-9-21(18)23)13-25-30(27,28)16-7-4-14(2)5-8-16/h4-10,13,17,19,25H,3,11H2,1-2H3. The van der Waals surface area contributed by atoms with Gasteiger partial charge < -0.3 is 4.74 Å². The Kier molecular flexibility index (Phi) is 6.22. The number of nitriles is 1. The molecular weight excluding hydrogens is 407 g/mol. The number of carbonyl (C=O) groups excluding carboxylic acids is 1. The lowest BCUT2D eigenvalue weighted by Gasteiger charge is -2.12. The van der Waals surface area contributed by atoms with Crippen LogP contribution in [0.5, 0.6) is 0 Å². The summed E-state index contributed by atoms with van der Waals surface area (Å²) in [4.78, 5) is 12.1. The summed E-state index contributed by atoms with van der Waals surface area (Å²) >= 11 is 0. The van der Waals surface area contributed by atoms with Crippen molar-refractivity contribution in [3.05, 3.63) is 71.2 Å². The van der Waals surface area contributed by atoms with Gasteiger partial charge in [-0.25, -0.2) is 12.8 Å². The highest BCUT2D eigenvalue weighted by molar-refractivity contribution is 7.89. The van der Waals surface area contributed by atoms with Gasteiger partial charge in [-0.1, -0.05) is 17.7 Å². The first-order valence-electron chi connectivity index (χ1n) is 9.42. The molecule has 0 spiro atoms. The molecule has 0 saturated heterocycles. The monoisotopic (exact) mass is 428 g/mol. The molecule has 1 aliphatic carbocycles. The Balaban J connectivity index is 1.97. The lowest BCUT2D eigenvalue weighted by atomic mass is 9.98. The van der Waals surface area contributed by atoms with Gasteiger partial charge >= 0.3 is 5.97 Å².